The number of rotatable bonds is 4. The first kappa shape index (κ1) is 44.4. The van der Waals surface area contributed by atoms with Crippen LogP contribution in [-0.4, -0.2) is 5.11 Å². The predicted octanol–water partition coefficient (Wildman–Crippen LogP) is 15.0. The van der Waals surface area contributed by atoms with E-state index in [0.29, 0.717) is 23.7 Å². The molecule has 5 rings (SSSR count). The topological polar surface area (TPSA) is 65.0 Å². The van der Waals surface area contributed by atoms with Crippen molar-refractivity contribution in [3.63, 3.8) is 0 Å². The Labute approximate surface area is 345 Å². The van der Waals surface area contributed by atoms with Gasteiger partial charge in [0.15, 0.2) is 0 Å². The molecule has 0 bridgehead atoms. The molecule has 1 heterocycles. The SMILES string of the molecule is Cc1cc(Cc2cc(C)cc(C(C)(C)C)c2OP2(=O)Oc3c(cc(C(C)(C)C)cc3C(C)(C)C)-c3cc(C(C)(C)C)cc(C(C)(C)C)c3O2)c(O)c(C(C)(C)C)c1. The van der Waals surface area contributed by atoms with Crippen LogP contribution in [0.4, 0.5) is 0 Å². The molecule has 6 heteroatoms. The molecule has 4 aromatic rings. The number of benzene rings is 4. The summed E-state index contributed by atoms with van der Waals surface area (Å²) >= 11 is 0. The fraction of sp³-hybridized carbons (Fsp3) is 0.529. The third kappa shape index (κ3) is 9.30. The Hall–Kier alpha value is -3.69. The van der Waals surface area contributed by atoms with E-state index >= 15 is 4.57 Å². The summed E-state index contributed by atoms with van der Waals surface area (Å²) in [5.41, 5.74) is 9.52. The van der Waals surface area contributed by atoms with E-state index in [1.807, 2.05) is 6.07 Å². The second kappa shape index (κ2) is 14.2. The highest BCUT2D eigenvalue weighted by Crippen LogP contribution is 2.62. The molecule has 0 saturated carbocycles. The molecule has 0 aliphatic carbocycles. The van der Waals surface area contributed by atoms with Gasteiger partial charge in [-0.2, -0.15) is 4.57 Å². The summed E-state index contributed by atoms with van der Waals surface area (Å²) in [7, 11) is -4.51. The molecule has 0 unspecified atom stereocenters. The van der Waals surface area contributed by atoms with Gasteiger partial charge >= 0.3 is 7.82 Å². The van der Waals surface area contributed by atoms with Crippen LogP contribution in [-0.2, 0) is 43.5 Å². The zero-order valence-electron chi connectivity index (χ0n) is 38.9. The van der Waals surface area contributed by atoms with Crippen LogP contribution < -0.4 is 13.6 Å². The number of hydrogen-bond acceptors (Lipinski definition) is 5. The van der Waals surface area contributed by atoms with Crippen LogP contribution in [0.2, 0.25) is 0 Å². The van der Waals surface area contributed by atoms with Crippen molar-refractivity contribution in [1.29, 1.82) is 0 Å². The first-order valence-corrected chi connectivity index (χ1v) is 22.1. The van der Waals surface area contributed by atoms with Crippen molar-refractivity contribution in [2.75, 3.05) is 0 Å². The van der Waals surface area contributed by atoms with Crippen molar-refractivity contribution in [2.24, 2.45) is 0 Å². The molecular formula is C51H71O5P. The molecule has 0 aromatic heterocycles. The molecule has 0 saturated heterocycles. The molecule has 310 valence electrons. The largest absolute Gasteiger partial charge is 0.647 e. The number of fused-ring (bicyclic) bond motifs is 3. The predicted molar refractivity (Wildman–Crippen MR) is 240 cm³/mol. The first-order valence-electron chi connectivity index (χ1n) is 20.6. The molecule has 0 amide bonds. The molecule has 1 aliphatic heterocycles. The van der Waals surface area contributed by atoms with Gasteiger partial charge in [0.1, 0.15) is 23.0 Å². The summed E-state index contributed by atoms with van der Waals surface area (Å²) in [6, 6.07) is 17.1. The second-order valence-corrected chi connectivity index (χ2v) is 24.3. The average molecular weight is 795 g/mol. The van der Waals surface area contributed by atoms with Crippen molar-refractivity contribution < 1.29 is 23.2 Å². The minimum Gasteiger partial charge on any atom is -0.507 e. The molecule has 0 spiro atoms. The highest BCUT2D eigenvalue weighted by molar-refractivity contribution is 7.49. The molecule has 57 heavy (non-hydrogen) atoms. The lowest BCUT2D eigenvalue weighted by atomic mass is 9.75. The van der Waals surface area contributed by atoms with E-state index in [9.17, 15) is 5.11 Å². The van der Waals surface area contributed by atoms with Gasteiger partial charge in [-0.25, -0.2) is 0 Å². The van der Waals surface area contributed by atoms with Gasteiger partial charge in [0.2, 0.25) is 0 Å². The van der Waals surface area contributed by atoms with Crippen molar-refractivity contribution in [3.05, 3.63) is 104 Å². The van der Waals surface area contributed by atoms with E-state index in [1.165, 1.54) is 0 Å². The molecule has 1 N–H and O–H groups in total. The average Bonchev–Trinajstić information content (AvgIpc) is 3.13. The smallest absolute Gasteiger partial charge is 0.507 e. The Balaban J connectivity index is 1.89. The minimum absolute atomic E-state index is 0.177. The highest BCUT2D eigenvalue weighted by Gasteiger charge is 2.45. The summed E-state index contributed by atoms with van der Waals surface area (Å²) in [5, 5.41) is 11.8. The molecule has 4 aromatic carbocycles. The maximum absolute atomic E-state index is 16.0. The van der Waals surface area contributed by atoms with E-state index in [4.69, 9.17) is 13.6 Å². The number of aryl methyl sites for hydroxylation is 2. The molecule has 1 aliphatic rings. The molecule has 0 fully saturated rings. The third-order valence-corrected chi connectivity index (χ3v) is 12.3. The van der Waals surface area contributed by atoms with Crippen LogP contribution in [0, 0.1) is 13.8 Å². The standard InChI is InChI=1S/C51H71O5P/c1-30-21-32(42(52)38(23-30)48(9,10)11)25-33-22-31(2)24-39(49(12,13)14)43(33)54-57(53)55-44-36(26-34(46(3,4)5)28-40(44)50(15,16)17)37-27-35(47(6,7)8)29-41(45(37)56-57)51(18,19)20/h21-24,26-29,52H,25H2,1-20H3. The number of hydrogen-bond donors (Lipinski definition) is 1. The Kier molecular flexibility index (Phi) is 11.1. The van der Waals surface area contributed by atoms with Crippen LogP contribution >= 0.6 is 7.82 Å². The Morgan fingerprint density at radius 2 is 0.860 bits per heavy atom. The number of aromatic hydroxyl groups is 1. The molecule has 5 nitrogen and oxygen atoms in total. The molecule has 0 atom stereocenters. The van der Waals surface area contributed by atoms with E-state index in [1.54, 1.807) is 0 Å². The van der Waals surface area contributed by atoms with E-state index < -0.39 is 13.2 Å². The number of phosphoric acid groups is 1. The Morgan fingerprint density at radius 1 is 0.491 bits per heavy atom. The van der Waals surface area contributed by atoms with Crippen molar-refractivity contribution >= 4 is 7.82 Å². The van der Waals surface area contributed by atoms with Gasteiger partial charge in [0.05, 0.1) is 0 Å². The van der Waals surface area contributed by atoms with Gasteiger partial charge in [-0.15, -0.1) is 0 Å². The maximum atomic E-state index is 16.0. The van der Waals surface area contributed by atoms with Crippen LogP contribution in [0.1, 0.15) is 180 Å². The zero-order valence-corrected chi connectivity index (χ0v) is 39.7. The van der Waals surface area contributed by atoms with Crippen molar-refractivity contribution in [3.8, 4) is 34.1 Å². The van der Waals surface area contributed by atoms with Gasteiger partial charge in [0.25, 0.3) is 0 Å². The highest BCUT2D eigenvalue weighted by atomic mass is 31.2. The third-order valence-electron chi connectivity index (χ3n) is 11.1. The number of phosphoric ester groups is 1. The normalized spacial score (nSPS) is 14.9. The van der Waals surface area contributed by atoms with Gasteiger partial charge in [-0.1, -0.05) is 172 Å². The monoisotopic (exact) mass is 795 g/mol. The van der Waals surface area contributed by atoms with Crippen LogP contribution in [0.25, 0.3) is 11.1 Å². The summed E-state index contributed by atoms with van der Waals surface area (Å²) in [4.78, 5) is 0. The fourth-order valence-electron chi connectivity index (χ4n) is 7.64. The van der Waals surface area contributed by atoms with Crippen LogP contribution in [0.5, 0.6) is 23.0 Å². The Morgan fingerprint density at radius 3 is 1.23 bits per heavy atom. The zero-order chi connectivity index (χ0) is 43.2. The first-order chi connectivity index (χ1) is 25.6. The van der Waals surface area contributed by atoms with E-state index in [-0.39, 0.29) is 32.8 Å². The lowest BCUT2D eigenvalue weighted by Gasteiger charge is -2.30. The maximum Gasteiger partial charge on any atom is 0.647 e. The summed E-state index contributed by atoms with van der Waals surface area (Å²) in [5.74, 6) is 1.75. The fourth-order valence-corrected chi connectivity index (χ4v) is 9.03. The van der Waals surface area contributed by atoms with E-state index in [0.717, 1.165) is 66.8 Å². The molecule has 0 radical (unpaired) electrons. The quantitative estimate of drug-likeness (QED) is 0.208. The lowest BCUT2D eigenvalue weighted by molar-refractivity contribution is 0.293. The number of phenols is 1. The Bertz CT molecular complexity index is 2160. The minimum atomic E-state index is -4.51. The summed E-state index contributed by atoms with van der Waals surface area (Å²) in [6.07, 6.45) is 0.355. The van der Waals surface area contributed by atoms with E-state index in [2.05, 4.69) is 181 Å². The van der Waals surface area contributed by atoms with Crippen LogP contribution in [0.3, 0.4) is 0 Å². The second-order valence-electron chi connectivity index (χ2n) is 22.8. The van der Waals surface area contributed by atoms with Crippen LogP contribution in [0.15, 0.2) is 48.5 Å². The van der Waals surface area contributed by atoms with Gasteiger partial charge in [-0.3, -0.25) is 0 Å². The summed E-state index contributed by atoms with van der Waals surface area (Å²) < 4.78 is 36.9. The van der Waals surface area contributed by atoms with Crippen molar-refractivity contribution in [1.82, 2.24) is 0 Å². The van der Waals surface area contributed by atoms with Gasteiger partial charge in [0, 0.05) is 34.2 Å². The molecular weight excluding hydrogens is 724 g/mol. The lowest BCUT2D eigenvalue weighted by Crippen LogP contribution is -2.20. The number of phenolic OH excluding ortho intramolecular Hbond substituents is 1. The summed E-state index contributed by atoms with van der Waals surface area (Å²) in [6.45, 7) is 43.2. The van der Waals surface area contributed by atoms with Gasteiger partial charge < -0.3 is 18.7 Å². The van der Waals surface area contributed by atoms with Gasteiger partial charge in [-0.05, 0) is 86.3 Å². The van der Waals surface area contributed by atoms with Crippen molar-refractivity contribution in [2.45, 2.75) is 177 Å².